The van der Waals surface area contributed by atoms with Gasteiger partial charge in [-0.25, -0.2) is 0 Å². The Hall–Kier alpha value is -0.540. The van der Waals surface area contributed by atoms with Crippen LogP contribution in [0, 0.1) is 0 Å². The Morgan fingerprint density at radius 1 is 1.50 bits per heavy atom. The van der Waals surface area contributed by atoms with E-state index in [0.29, 0.717) is 12.1 Å². The van der Waals surface area contributed by atoms with Crippen molar-refractivity contribution in [3.63, 3.8) is 0 Å². The molecule has 1 aliphatic rings. The van der Waals surface area contributed by atoms with Crippen molar-refractivity contribution in [3.05, 3.63) is 28.7 Å². The molecular formula is C13H18BrNO. The molecule has 1 N–H and O–H groups in total. The van der Waals surface area contributed by atoms with Gasteiger partial charge < -0.3 is 10.1 Å². The molecule has 0 radical (unpaired) electrons. The molecule has 2 unspecified atom stereocenters. The Balaban J connectivity index is 1.86. The number of hydrogen-bond acceptors (Lipinski definition) is 2. The van der Waals surface area contributed by atoms with Gasteiger partial charge in [0.05, 0.1) is 6.10 Å². The van der Waals surface area contributed by atoms with Crippen LogP contribution < -0.4 is 5.32 Å². The molecule has 1 saturated heterocycles. The van der Waals surface area contributed by atoms with E-state index in [-0.39, 0.29) is 0 Å². The summed E-state index contributed by atoms with van der Waals surface area (Å²) in [6.07, 6.45) is 3.96. The van der Waals surface area contributed by atoms with Crippen molar-refractivity contribution in [1.82, 2.24) is 0 Å². The summed E-state index contributed by atoms with van der Waals surface area (Å²) in [4.78, 5) is 0. The topological polar surface area (TPSA) is 21.3 Å². The Kier molecular flexibility index (Phi) is 4.24. The van der Waals surface area contributed by atoms with Gasteiger partial charge in [0.2, 0.25) is 0 Å². The minimum Gasteiger partial charge on any atom is -0.382 e. The summed E-state index contributed by atoms with van der Waals surface area (Å²) in [6, 6.07) is 8.67. The zero-order valence-electron chi connectivity index (χ0n) is 9.58. The highest BCUT2D eigenvalue weighted by Crippen LogP contribution is 2.24. The normalized spacial score (nSPS) is 22.0. The first-order chi connectivity index (χ1) is 7.75. The minimum absolute atomic E-state index is 0.446. The van der Waals surface area contributed by atoms with Gasteiger partial charge in [-0.2, -0.15) is 0 Å². The van der Waals surface area contributed by atoms with E-state index in [9.17, 15) is 0 Å². The third kappa shape index (κ3) is 3.22. The van der Waals surface area contributed by atoms with Crippen molar-refractivity contribution in [2.24, 2.45) is 0 Å². The van der Waals surface area contributed by atoms with Crippen LogP contribution in [0.2, 0.25) is 0 Å². The third-order valence-electron chi connectivity index (χ3n) is 2.92. The van der Waals surface area contributed by atoms with Crippen LogP contribution in [0.1, 0.15) is 26.2 Å². The van der Waals surface area contributed by atoms with E-state index in [4.69, 9.17) is 4.74 Å². The van der Waals surface area contributed by atoms with Crippen LogP contribution in [-0.2, 0) is 4.74 Å². The van der Waals surface area contributed by atoms with E-state index in [1.165, 1.54) is 12.8 Å². The minimum atomic E-state index is 0.446. The largest absolute Gasteiger partial charge is 0.382 e. The average Bonchev–Trinajstić information content (AvgIpc) is 2.74. The lowest BCUT2D eigenvalue weighted by Gasteiger charge is -2.19. The first kappa shape index (κ1) is 11.9. The summed E-state index contributed by atoms with van der Waals surface area (Å²) in [5.74, 6) is 0. The summed E-state index contributed by atoms with van der Waals surface area (Å²) in [5.41, 5.74) is 1.16. The lowest BCUT2D eigenvalue weighted by molar-refractivity contribution is 0.101. The molecule has 2 rings (SSSR count). The van der Waals surface area contributed by atoms with Crippen molar-refractivity contribution in [1.29, 1.82) is 0 Å². The fraction of sp³-hybridized carbons (Fsp3) is 0.538. The molecule has 0 aromatic heterocycles. The van der Waals surface area contributed by atoms with Gasteiger partial charge in [-0.3, -0.25) is 0 Å². The molecule has 1 fully saturated rings. The lowest BCUT2D eigenvalue weighted by Crippen LogP contribution is -2.22. The Bertz CT molecular complexity index is 336. The van der Waals surface area contributed by atoms with E-state index >= 15 is 0 Å². The number of ether oxygens (including phenoxy) is 1. The SMILES string of the molecule is CC(CC1CCCO1)Nc1ccccc1Br. The van der Waals surface area contributed by atoms with E-state index in [1.807, 2.05) is 12.1 Å². The van der Waals surface area contributed by atoms with Crippen LogP contribution in [0.5, 0.6) is 0 Å². The molecule has 1 aromatic carbocycles. The van der Waals surface area contributed by atoms with E-state index in [0.717, 1.165) is 23.2 Å². The molecule has 1 heterocycles. The van der Waals surface area contributed by atoms with E-state index in [2.05, 4.69) is 40.3 Å². The summed E-state index contributed by atoms with van der Waals surface area (Å²) < 4.78 is 6.76. The molecule has 1 aromatic rings. The van der Waals surface area contributed by atoms with Gasteiger partial charge >= 0.3 is 0 Å². The number of anilines is 1. The second-order valence-corrected chi connectivity index (χ2v) is 5.25. The predicted molar refractivity (Wildman–Crippen MR) is 70.8 cm³/mol. The maximum absolute atomic E-state index is 5.64. The molecule has 2 atom stereocenters. The summed E-state index contributed by atoms with van der Waals surface area (Å²) in [5, 5.41) is 3.51. The van der Waals surface area contributed by atoms with E-state index < -0.39 is 0 Å². The van der Waals surface area contributed by atoms with E-state index in [1.54, 1.807) is 0 Å². The van der Waals surface area contributed by atoms with Gasteiger partial charge in [0.1, 0.15) is 0 Å². The van der Waals surface area contributed by atoms with Crippen molar-refractivity contribution < 1.29 is 4.74 Å². The van der Waals surface area contributed by atoms with Crippen molar-refractivity contribution in [2.75, 3.05) is 11.9 Å². The van der Waals surface area contributed by atoms with Crippen LogP contribution in [0.4, 0.5) is 5.69 Å². The molecule has 0 bridgehead atoms. The van der Waals surface area contributed by atoms with Gasteiger partial charge in [0.15, 0.2) is 0 Å². The molecule has 0 saturated carbocycles. The molecule has 3 heteroatoms. The smallest absolute Gasteiger partial charge is 0.0595 e. The Morgan fingerprint density at radius 2 is 2.31 bits per heavy atom. The first-order valence-electron chi connectivity index (χ1n) is 5.88. The molecule has 0 spiro atoms. The van der Waals surface area contributed by atoms with Crippen LogP contribution >= 0.6 is 15.9 Å². The fourth-order valence-electron chi connectivity index (χ4n) is 2.13. The maximum atomic E-state index is 5.64. The molecule has 1 aliphatic heterocycles. The van der Waals surface area contributed by atoms with Crippen LogP contribution in [-0.4, -0.2) is 18.8 Å². The second kappa shape index (κ2) is 5.69. The maximum Gasteiger partial charge on any atom is 0.0595 e. The van der Waals surface area contributed by atoms with Crippen molar-refractivity contribution >= 4 is 21.6 Å². The Labute approximate surface area is 106 Å². The monoisotopic (exact) mass is 283 g/mol. The highest BCUT2D eigenvalue weighted by molar-refractivity contribution is 9.10. The molecule has 0 amide bonds. The first-order valence-corrected chi connectivity index (χ1v) is 6.67. The number of nitrogens with one attached hydrogen (secondary N) is 1. The summed E-state index contributed by atoms with van der Waals surface area (Å²) in [6.45, 7) is 3.15. The third-order valence-corrected chi connectivity index (χ3v) is 3.61. The molecule has 16 heavy (non-hydrogen) atoms. The zero-order chi connectivity index (χ0) is 11.4. The second-order valence-electron chi connectivity index (χ2n) is 4.40. The molecule has 0 aliphatic carbocycles. The molecular weight excluding hydrogens is 266 g/mol. The molecule has 2 nitrogen and oxygen atoms in total. The van der Waals surface area contributed by atoms with Crippen molar-refractivity contribution in [3.8, 4) is 0 Å². The highest BCUT2D eigenvalue weighted by atomic mass is 79.9. The van der Waals surface area contributed by atoms with Gasteiger partial charge in [0.25, 0.3) is 0 Å². The lowest BCUT2D eigenvalue weighted by atomic mass is 10.1. The van der Waals surface area contributed by atoms with Crippen LogP contribution in [0.3, 0.4) is 0 Å². The van der Waals surface area contributed by atoms with Gasteiger partial charge in [-0.15, -0.1) is 0 Å². The van der Waals surface area contributed by atoms with Gasteiger partial charge in [-0.1, -0.05) is 12.1 Å². The van der Waals surface area contributed by atoms with Gasteiger partial charge in [-0.05, 0) is 54.2 Å². The molecule has 88 valence electrons. The van der Waals surface area contributed by atoms with Crippen LogP contribution in [0.25, 0.3) is 0 Å². The van der Waals surface area contributed by atoms with Crippen molar-refractivity contribution in [2.45, 2.75) is 38.3 Å². The number of hydrogen-bond donors (Lipinski definition) is 1. The standard InChI is InChI=1S/C13H18BrNO/c1-10(9-11-5-4-8-16-11)15-13-7-3-2-6-12(13)14/h2-3,6-7,10-11,15H,4-5,8-9H2,1H3. The quantitative estimate of drug-likeness (QED) is 0.907. The van der Waals surface area contributed by atoms with Crippen LogP contribution in [0.15, 0.2) is 28.7 Å². The summed E-state index contributed by atoms with van der Waals surface area (Å²) in [7, 11) is 0. The predicted octanol–water partition coefficient (Wildman–Crippen LogP) is 3.82. The average molecular weight is 284 g/mol. The number of halogens is 1. The number of para-hydroxylation sites is 1. The number of benzene rings is 1. The fourth-order valence-corrected chi connectivity index (χ4v) is 2.53. The summed E-state index contributed by atoms with van der Waals surface area (Å²) >= 11 is 3.54. The Morgan fingerprint density at radius 3 is 3.00 bits per heavy atom. The zero-order valence-corrected chi connectivity index (χ0v) is 11.2. The highest BCUT2D eigenvalue weighted by Gasteiger charge is 2.18. The van der Waals surface area contributed by atoms with Gasteiger partial charge in [0, 0.05) is 22.8 Å². The number of rotatable bonds is 4.